The fourth-order valence-electron chi connectivity index (χ4n) is 1.44. The lowest BCUT2D eigenvalue weighted by atomic mass is 9.58. The van der Waals surface area contributed by atoms with E-state index >= 15 is 0 Å². The van der Waals surface area contributed by atoms with Gasteiger partial charge in [-0.3, -0.25) is 0 Å². The van der Waals surface area contributed by atoms with E-state index in [1.54, 1.807) is 0 Å². The van der Waals surface area contributed by atoms with Gasteiger partial charge in [-0.15, -0.1) is 0 Å². The summed E-state index contributed by atoms with van der Waals surface area (Å²) in [6.45, 7) is 1.94. The second-order valence-electron chi connectivity index (χ2n) is 3.23. The maximum atomic E-state index is 8.87. The molecule has 1 aliphatic carbocycles. The highest BCUT2D eigenvalue weighted by Crippen LogP contribution is 2.44. The lowest BCUT2D eigenvalue weighted by Gasteiger charge is -2.20. The van der Waals surface area contributed by atoms with Crippen molar-refractivity contribution in [2.45, 2.75) is 37.9 Å². The molecule has 9 heavy (non-hydrogen) atoms. The molecule has 1 rings (SSSR count). The third-order valence-electron chi connectivity index (χ3n) is 2.37. The maximum absolute atomic E-state index is 8.87. The summed E-state index contributed by atoms with van der Waals surface area (Å²) >= 11 is 0. The Kier molecular flexibility index (Phi) is 1.82. The van der Waals surface area contributed by atoms with Crippen molar-refractivity contribution in [3.63, 3.8) is 0 Å². The minimum Gasteiger partial charge on any atom is -0.427 e. The molecule has 0 aromatic carbocycles. The summed E-state index contributed by atoms with van der Waals surface area (Å²) in [5, 5.41) is 17.5. The standard InChI is InChI=1S/C6H13BO2/c1-6(7(8)9)4-2-3-5-6/h8-9H,2-5H2,1H3. The minimum atomic E-state index is -1.11. The van der Waals surface area contributed by atoms with Crippen molar-refractivity contribution in [2.24, 2.45) is 0 Å². The van der Waals surface area contributed by atoms with Gasteiger partial charge in [-0.2, -0.15) is 0 Å². The Morgan fingerprint density at radius 1 is 1.22 bits per heavy atom. The first-order valence-corrected chi connectivity index (χ1v) is 3.51. The topological polar surface area (TPSA) is 40.5 Å². The average Bonchev–Trinajstić information content (AvgIpc) is 2.16. The van der Waals surface area contributed by atoms with Crippen LogP contribution in [0.1, 0.15) is 32.6 Å². The summed E-state index contributed by atoms with van der Waals surface area (Å²) in [4.78, 5) is 0. The summed E-state index contributed by atoms with van der Waals surface area (Å²) in [5.41, 5.74) is 0. The van der Waals surface area contributed by atoms with Crippen molar-refractivity contribution in [3.05, 3.63) is 0 Å². The maximum Gasteiger partial charge on any atom is 0.457 e. The Morgan fingerprint density at radius 2 is 1.67 bits per heavy atom. The Labute approximate surface area is 56.0 Å². The van der Waals surface area contributed by atoms with Gasteiger partial charge in [-0.25, -0.2) is 0 Å². The predicted molar refractivity (Wildman–Crippen MR) is 37.0 cm³/mol. The molecule has 2 nitrogen and oxygen atoms in total. The van der Waals surface area contributed by atoms with Crippen LogP contribution < -0.4 is 0 Å². The number of hydrogen-bond acceptors (Lipinski definition) is 2. The van der Waals surface area contributed by atoms with Crippen LogP contribution in [0.15, 0.2) is 0 Å². The van der Waals surface area contributed by atoms with Crippen molar-refractivity contribution in [1.29, 1.82) is 0 Å². The fourth-order valence-corrected chi connectivity index (χ4v) is 1.44. The van der Waals surface area contributed by atoms with Crippen LogP contribution in [0, 0.1) is 0 Å². The van der Waals surface area contributed by atoms with Crippen LogP contribution in [0.3, 0.4) is 0 Å². The Bertz CT molecular complexity index is 97.2. The van der Waals surface area contributed by atoms with E-state index in [-0.39, 0.29) is 5.31 Å². The second kappa shape index (κ2) is 2.31. The van der Waals surface area contributed by atoms with Gasteiger partial charge in [0.1, 0.15) is 0 Å². The van der Waals surface area contributed by atoms with Crippen LogP contribution in [0.4, 0.5) is 0 Å². The molecule has 0 atom stereocenters. The van der Waals surface area contributed by atoms with Gasteiger partial charge in [0.15, 0.2) is 0 Å². The normalized spacial score (nSPS) is 24.3. The van der Waals surface area contributed by atoms with Crippen LogP contribution >= 0.6 is 0 Å². The van der Waals surface area contributed by atoms with Gasteiger partial charge >= 0.3 is 7.12 Å². The van der Waals surface area contributed by atoms with E-state index in [0.717, 1.165) is 25.7 Å². The van der Waals surface area contributed by atoms with Crippen LogP contribution in [0.25, 0.3) is 0 Å². The smallest absolute Gasteiger partial charge is 0.427 e. The van der Waals surface area contributed by atoms with E-state index in [0.29, 0.717) is 0 Å². The number of rotatable bonds is 1. The van der Waals surface area contributed by atoms with Gasteiger partial charge in [0.25, 0.3) is 0 Å². The zero-order valence-electron chi connectivity index (χ0n) is 5.80. The molecule has 0 radical (unpaired) electrons. The zero-order chi connectivity index (χ0) is 6.91. The Morgan fingerprint density at radius 3 is 1.89 bits per heavy atom. The first-order valence-electron chi connectivity index (χ1n) is 3.51. The summed E-state index contributed by atoms with van der Waals surface area (Å²) < 4.78 is 0. The summed E-state index contributed by atoms with van der Waals surface area (Å²) in [6, 6.07) is 0. The van der Waals surface area contributed by atoms with Gasteiger partial charge < -0.3 is 10.0 Å². The molecule has 52 valence electrons. The molecule has 0 amide bonds. The lowest BCUT2D eigenvalue weighted by Crippen LogP contribution is -2.27. The Hall–Kier alpha value is -0.0151. The molecule has 1 saturated carbocycles. The molecule has 1 fully saturated rings. The molecule has 0 heterocycles. The quantitative estimate of drug-likeness (QED) is 0.512. The van der Waals surface area contributed by atoms with Gasteiger partial charge in [-0.1, -0.05) is 19.8 Å². The lowest BCUT2D eigenvalue weighted by molar-refractivity contribution is 0.344. The highest BCUT2D eigenvalue weighted by molar-refractivity contribution is 6.45. The fraction of sp³-hybridized carbons (Fsp3) is 1.00. The second-order valence-corrected chi connectivity index (χ2v) is 3.23. The minimum absolute atomic E-state index is 0.194. The SMILES string of the molecule is CC1(B(O)O)CCCC1. The van der Waals surface area contributed by atoms with Gasteiger partial charge in [0.05, 0.1) is 0 Å². The molecule has 0 bridgehead atoms. The third kappa shape index (κ3) is 1.27. The average molecular weight is 128 g/mol. The van der Waals surface area contributed by atoms with Crippen LogP contribution in [0.5, 0.6) is 0 Å². The first kappa shape index (κ1) is 7.10. The van der Waals surface area contributed by atoms with E-state index in [4.69, 9.17) is 10.0 Å². The molecule has 0 aromatic rings. The summed E-state index contributed by atoms with van der Waals surface area (Å²) in [7, 11) is -1.11. The van der Waals surface area contributed by atoms with E-state index in [1.807, 2.05) is 6.92 Å². The van der Waals surface area contributed by atoms with E-state index in [9.17, 15) is 0 Å². The molecule has 3 heteroatoms. The van der Waals surface area contributed by atoms with Gasteiger partial charge in [0.2, 0.25) is 0 Å². The first-order chi connectivity index (χ1) is 4.15. The van der Waals surface area contributed by atoms with Gasteiger partial charge in [0, 0.05) is 5.31 Å². The summed E-state index contributed by atoms with van der Waals surface area (Å²) in [6.07, 6.45) is 4.22. The molecule has 0 spiro atoms. The monoisotopic (exact) mass is 128 g/mol. The molecule has 0 aliphatic heterocycles. The molecular formula is C6H13BO2. The van der Waals surface area contributed by atoms with Crippen LogP contribution in [-0.2, 0) is 0 Å². The van der Waals surface area contributed by atoms with Crippen LogP contribution in [0.2, 0.25) is 5.31 Å². The number of hydrogen-bond donors (Lipinski definition) is 2. The largest absolute Gasteiger partial charge is 0.457 e. The van der Waals surface area contributed by atoms with Crippen molar-refractivity contribution in [2.75, 3.05) is 0 Å². The van der Waals surface area contributed by atoms with E-state index < -0.39 is 7.12 Å². The molecule has 0 aromatic heterocycles. The third-order valence-corrected chi connectivity index (χ3v) is 2.37. The van der Waals surface area contributed by atoms with E-state index in [2.05, 4.69) is 0 Å². The highest BCUT2D eigenvalue weighted by Gasteiger charge is 2.39. The Balaban J connectivity index is 2.51. The van der Waals surface area contributed by atoms with Crippen LogP contribution in [-0.4, -0.2) is 17.2 Å². The highest BCUT2D eigenvalue weighted by atomic mass is 16.4. The molecule has 0 saturated heterocycles. The van der Waals surface area contributed by atoms with Crippen molar-refractivity contribution in [3.8, 4) is 0 Å². The van der Waals surface area contributed by atoms with Crippen molar-refractivity contribution in [1.82, 2.24) is 0 Å². The van der Waals surface area contributed by atoms with Crippen molar-refractivity contribution >= 4 is 7.12 Å². The van der Waals surface area contributed by atoms with Crippen molar-refractivity contribution < 1.29 is 10.0 Å². The van der Waals surface area contributed by atoms with E-state index in [1.165, 1.54) is 0 Å². The summed E-state index contributed by atoms with van der Waals surface area (Å²) in [5.74, 6) is 0. The van der Waals surface area contributed by atoms with Gasteiger partial charge in [-0.05, 0) is 12.8 Å². The molecule has 0 unspecified atom stereocenters. The molecule has 2 N–H and O–H groups in total. The molecular weight excluding hydrogens is 115 g/mol. The predicted octanol–water partition coefficient (Wildman–Crippen LogP) is 0.793. The molecule has 1 aliphatic rings. The zero-order valence-corrected chi connectivity index (χ0v) is 5.80.